The van der Waals surface area contributed by atoms with E-state index in [4.69, 9.17) is 9.15 Å². The monoisotopic (exact) mass is 385 g/mol. The lowest BCUT2D eigenvalue weighted by atomic mass is 10.2. The summed E-state index contributed by atoms with van der Waals surface area (Å²) in [5.41, 5.74) is 2.04. The van der Waals surface area contributed by atoms with Gasteiger partial charge in [0, 0.05) is 25.5 Å². The summed E-state index contributed by atoms with van der Waals surface area (Å²) in [6.07, 6.45) is 3.19. The number of halogens is 1. The molecule has 7 heteroatoms. The van der Waals surface area contributed by atoms with Crippen LogP contribution in [0.2, 0.25) is 0 Å². The summed E-state index contributed by atoms with van der Waals surface area (Å²) >= 11 is 0. The van der Waals surface area contributed by atoms with Gasteiger partial charge in [0.15, 0.2) is 0 Å². The fourth-order valence-electron chi connectivity index (χ4n) is 2.98. The third-order valence-corrected chi connectivity index (χ3v) is 4.37. The van der Waals surface area contributed by atoms with Crippen molar-refractivity contribution >= 4 is 28.3 Å². The number of furan rings is 1. The Bertz CT molecular complexity index is 965. The van der Waals surface area contributed by atoms with E-state index in [1.165, 1.54) is 6.07 Å². The summed E-state index contributed by atoms with van der Waals surface area (Å²) < 4.78 is 25.4. The van der Waals surface area contributed by atoms with Gasteiger partial charge in [-0.25, -0.2) is 4.39 Å². The van der Waals surface area contributed by atoms with Crippen molar-refractivity contribution in [2.24, 2.45) is 0 Å². The standard InChI is InChI=1S/C19H18FN3O3.C2H6/c1-12-2-3-15(14(20)10-12)22-17-13-11-21-5-4-16(13)26-18(17)19(24)23-6-8-25-9-7-23;1-2/h2-5,10-11,22H,6-9H2,1H3;1-2H3. The summed E-state index contributed by atoms with van der Waals surface area (Å²) in [4.78, 5) is 18.7. The number of aromatic nitrogens is 1. The van der Waals surface area contributed by atoms with Crippen LogP contribution in [-0.2, 0) is 4.74 Å². The van der Waals surface area contributed by atoms with E-state index >= 15 is 0 Å². The van der Waals surface area contributed by atoms with Crippen molar-refractivity contribution in [1.29, 1.82) is 0 Å². The lowest BCUT2D eigenvalue weighted by molar-refractivity contribution is 0.0285. The minimum Gasteiger partial charge on any atom is -0.448 e. The fourth-order valence-corrected chi connectivity index (χ4v) is 2.98. The first-order valence-corrected chi connectivity index (χ1v) is 9.40. The number of morpholine rings is 1. The molecule has 28 heavy (non-hydrogen) atoms. The van der Waals surface area contributed by atoms with Crippen molar-refractivity contribution in [3.05, 3.63) is 53.8 Å². The van der Waals surface area contributed by atoms with E-state index in [2.05, 4.69) is 10.3 Å². The molecule has 0 spiro atoms. The molecule has 0 unspecified atom stereocenters. The molecule has 3 heterocycles. The number of nitrogens with zero attached hydrogens (tertiary/aromatic N) is 2. The van der Waals surface area contributed by atoms with E-state index < -0.39 is 5.82 Å². The molecule has 4 rings (SSSR count). The van der Waals surface area contributed by atoms with Crippen LogP contribution in [-0.4, -0.2) is 42.1 Å². The van der Waals surface area contributed by atoms with Crippen molar-refractivity contribution < 1.29 is 18.3 Å². The molecule has 1 aliphatic heterocycles. The zero-order valence-electron chi connectivity index (χ0n) is 16.3. The predicted octanol–water partition coefficient (Wildman–Crippen LogP) is 4.52. The zero-order valence-corrected chi connectivity index (χ0v) is 16.3. The molecule has 0 bridgehead atoms. The van der Waals surface area contributed by atoms with Crippen molar-refractivity contribution in [2.75, 3.05) is 31.6 Å². The van der Waals surface area contributed by atoms with Gasteiger partial charge in [0.25, 0.3) is 5.91 Å². The zero-order chi connectivity index (χ0) is 20.1. The van der Waals surface area contributed by atoms with Crippen LogP contribution in [0.5, 0.6) is 0 Å². The second kappa shape index (κ2) is 8.84. The third kappa shape index (κ3) is 3.99. The molecule has 0 aliphatic carbocycles. The molecular formula is C21H24FN3O3. The van der Waals surface area contributed by atoms with E-state index in [0.29, 0.717) is 43.0 Å². The van der Waals surface area contributed by atoms with Gasteiger partial charge in [-0.2, -0.15) is 0 Å². The van der Waals surface area contributed by atoms with E-state index in [-0.39, 0.29) is 17.4 Å². The number of ether oxygens (including phenoxy) is 1. The van der Waals surface area contributed by atoms with Crippen molar-refractivity contribution in [2.45, 2.75) is 20.8 Å². The number of amides is 1. The largest absolute Gasteiger partial charge is 0.448 e. The highest BCUT2D eigenvalue weighted by atomic mass is 19.1. The van der Waals surface area contributed by atoms with Crippen LogP contribution >= 0.6 is 0 Å². The average Bonchev–Trinajstić information content (AvgIpc) is 3.10. The molecule has 2 aromatic heterocycles. The lowest BCUT2D eigenvalue weighted by Crippen LogP contribution is -2.40. The summed E-state index contributed by atoms with van der Waals surface area (Å²) in [5.74, 6) is -0.498. The molecule has 1 aliphatic rings. The minimum absolute atomic E-state index is 0.148. The van der Waals surface area contributed by atoms with Crippen LogP contribution in [0.1, 0.15) is 30.0 Å². The Morgan fingerprint density at radius 1 is 1.21 bits per heavy atom. The van der Waals surface area contributed by atoms with Gasteiger partial charge in [0.05, 0.1) is 24.3 Å². The van der Waals surface area contributed by atoms with Crippen molar-refractivity contribution in [3.8, 4) is 0 Å². The first-order valence-electron chi connectivity index (χ1n) is 9.40. The van der Waals surface area contributed by atoms with Gasteiger partial charge in [-0.05, 0) is 30.7 Å². The van der Waals surface area contributed by atoms with E-state index in [1.54, 1.807) is 35.5 Å². The maximum absolute atomic E-state index is 14.3. The van der Waals surface area contributed by atoms with Gasteiger partial charge in [-0.3, -0.25) is 9.78 Å². The molecule has 0 radical (unpaired) electrons. The molecule has 1 N–H and O–H groups in total. The fraction of sp³-hybridized carbons (Fsp3) is 0.333. The summed E-state index contributed by atoms with van der Waals surface area (Å²) in [7, 11) is 0. The van der Waals surface area contributed by atoms with Gasteiger partial charge in [0.2, 0.25) is 5.76 Å². The maximum Gasteiger partial charge on any atom is 0.291 e. The minimum atomic E-state index is -0.395. The normalized spacial score (nSPS) is 13.8. The summed E-state index contributed by atoms with van der Waals surface area (Å²) in [5, 5.41) is 3.65. The number of anilines is 2. The smallest absolute Gasteiger partial charge is 0.291 e. The molecule has 6 nitrogen and oxygen atoms in total. The second-order valence-electron chi connectivity index (χ2n) is 6.19. The topological polar surface area (TPSA) is 67.6 Å². The number of carbonyl (C=O) groups excluding carboxylic acids is 1. The van der Waals surface area contributed by atoms with Gasteiger partial charge in [-0.15, -0.1) is 0 Å². The molecule has 148 valence electrons. The van der Waals surface area contributed by atoms with Crippen molar-refractivity contribution in [3.63, 3.8) is 0 Å². The van der Waals surface area contributed by atoms with Crippen LogP contribution in [0.3, 0.4) is 0 Å². The number of fused-ring (bicyclic) bond motifs is 1. The Labute approximate surface area is 163 Å². The number of aryl methyl sites for hydroxylation is 1. The molecule has 1 aromatic carbocycles. The molecular weight excluding hydrogens is 361 g/mol. The summed E-state index contributed by atoms with van der Waals surface area (Å²) in [6, 6.07) is 6.56. The highest BCUT2D eigenvalue weighted by Crippen LogP contribution is 2.34. The molecule has 3 aromatic rings. The Morgan fingerprint density at radius 3 is 2.68 bits per heavy atom. The van der Waals surface area contributed by atoms with Gasteiger partial charge in [-0.1, -0.05) is 19.9 Å². The summed E-state index contributed by atoms with van der Waals surface area (Å²) in [6.45, 7) is 7.78. The van der Waals surface area contributed by atoms with Crippen LogP contribution in [0, 0.1) is 12.7 Å². The average molecular weight is 385 g/mol. The quantitative estimate of drug-likeness (QED) is 0.718. The SMILES string of the molecule is CC.Cc1ccc(Nc2c(C(=O)N3CCOCC3)oc3ccncc23)c(F)c1. The van der Waals surface area contributed by atoms with E-state index in [9.17, 15) is 9.18 Å². The lowest BCUT2D eigenvalue weighted by Gasteiger charge is -2.26. The van der Waals surface area contributed by atoms with Gasteiger partial charge < -0.3 is 19.4 Å². The van der Waals surface area contributed by atoms with Crippen molar-refractivity contribution in [1.82, 2.24) is 9.88 Å². The first kappa shape index (κ1) is 19.8. The van der Waals surface area contributed by atoms with Gasteiger partial charge in [0.1, 0.15) is 17.1 Å². The molecule has 0 saturated carbocycles. The molecule has 1 fully saturated rings. The Hall–Kier alpha value is -2.93. The molecule has 0 atom stereocenters. The van der Waals surface area contributed by atoms with Crippen LogP contribution in [0.15, 0.2) is 41.1 Å². The number of rotatable bonds is 3. The first-order chi connectivity index (χ1) is 13.6. The highest BCUT2D eigenvalue weighted by Gasteiger charge is 2.27. The molecule has 1 saturated heterocycles. The van der Waals surface area contributed by atoms with E-state index in [1.807, 2.05) is 20.8 Å². The Balaban J connectivity index is 0.00000109. The number of carbonyl (C=O) groups is 1. The number of hydrogen-bond donors (Lipinski definition) is 1. The number of pyridine rings is 1. The Morgan fingerprint density at radius 2 is 1.96 bits per heavy atom. The van der Waals surface area contributed by atoms with Crippen LogP contribution in [0.25, 0.3) is 11.0 Å². The Kier molecular flexibility index (Phi) is 6.26. The number of benzene rings is 1. The second-order valence-corrected chi connectivity index (χ2v) is 6.19. The maximum atomic E-state index is 14.3. The number of hydrogen-bond acceptors (Lipinski definition) is 5. The third-order valence-electron chi connectivity index (χ3n) is 4.37. The number of nitrogens with one attached hydrogen (secondary N) is 1. The van der Waals surface area contributed by atoms with Gasteiger partial charge >= 0.3 is 0 Å². The van der Waals surface area contributed by atoms with E-state index in [0.717, 1.165) is 5.56 Å². The highest BCUT2D eigenvalue weighted by molar-refractivity contribution is 6.07. The molecule has 1 amide bonds. The van der Waals surface area contributed by atoms with Crippen LogP contribution in [0.4, 0.5) is 15.8 Å². The van der Waals surface area contributed by atoms with Crippen LogP contribution < -0.4 is 5.32 Å². The predicted molar refractivity (Wildman–Crippen MR) is 106 cm³/mol.